The average Bonchev–Trinajstić information content (AvgIpc) is 2.29. The zero-order valence-electron chi connectivity index (χ0n) is 12.0. The van der Waals surface area contributed by atoms with Gasteiger partial charge in [-0.2, -0.15) is 0 Å². The number of thiocarbonyl (C=S) groups is 1. The minimum absolute atomic E-state index is 0.265. The summed E-state index contributed by atoms with van der Waals surface area (Å²) in [5.41, 5.74) is -0.437. The van der Waals surface area contributed by atoms with E-state index in [2.05, 4.69) is 4.90 Å². The van der Waals surface area contributed by atoms with Crippen LogP contribution in [0, 0.1) is 0 Å². The van der Waals surface area contributed by atoms with Crippen molar-refractivity contribution in [3.63, 3.8) is 0 Å². The second-order valence-electron chi connectivity index (χ2n) is 5.41. The van der Waals surface area contributed by atoms with Crippen LogP contribution in [0.1, 0.15) is 27.2 Å². The quantitative estimate of drug-likeness (QED) is 0.584. The Balaban J connectivity index is 2.24. The average molecular weight is 323 g/mol. The highest BCUT2D eigenvalue weighted by Gasteiger charge is 2.20. The number of carbonyl (C=O) groups excluding carboxylic acids is 1. The third-order valence-electron chi connectivity index (χ3n) is 2.46. The van der Waals surface area contributed by atoms with Crippen molar-refractivity contribution in [1.29, 1.82) is 0 Å². The summed E-state index contributed by atoms with van der Waals surface area (Å²) in [4.78, 5) is 15.6. The first-order valence-corrected chi connectivity index (χ1v) is 9.05. The summed E-state index contributed by atoms with van der Waals surface area (Å²) >= 11 is 5.29. The van der Waals surface area contributed by atoms with Crippen LogP contribution in [0.3, 0.4) is 0 Å². The van der Waals surface area contributed by atoms with Crippen molar-refractivity contribution in [2.75, 3.05) is 32.4 Å². The Hall–Kier alpha value is -0.140. The van der Waals surface area contributed by atoms with E-state index in [1.54, 1.807) is 22.7 Å². The van der Waals surface area contributed by atoms with Crippen LogP contribution >= 0.6 is 33.8 Å². The molecule has 1 saturated heterocycles. The highest BCUT2D eigenvalue weighted by molar-refractivity contribution is 8.83. The van der Waals surface area contributed by atoms with Gasteiger partial charge in [-0.05, 0) is 38.0 Å². The maximum Gasteiger partial charge on any atom is 0.410 e. The molecule has 4 nitrogen and oxygen atoms in total. The van der Waals surface area contributed by atoms with Crippen LogP contribution in [-0.4, -0.2) is 58.2 Å². The van der Waals surface area contributed by atoms with Gasteiger partial charge in [0.2, 0.25) is 0 Å². The van der Waals surface area contributed by atoms with Gasteiger partial charge in [0.25, 0.3) is 0 Å². The van der Waals surface area contributed by atoms with Crippen LogP contribution in [0.5, 0.6) is 0 Å². The molecule has 110 valence electrons. The molecule has 0 bridgehead atoms. The standard InChI is InChI=1S/C12H22N2O2S3/c1-12(2,3)16-10(15)13(4)6-5-7-14-8-9-18-19-11(14)17/h5-9H2,1-4H3. The highest BCUT2D eigenvalue weighted by atomic mass is 33.1. The lowest BCUT2D eigenvalue weighted by Gasteiger charge is -2.29. The van der Waals surface area contributed by atoms with Crippen LogP contribution in [0.4, 0.5) is 4.79 Å². The SMILES string of the molecule is CN(CCCN1CCSSC1=S)C(=O)OC(C)(C)C. The predicted octanol–water partition coefficient (Wildman–Crippen LogP) is 3.23. The maximum atomic E-state index is 11.8. The number of rotatable bonds is 4. The molecule has 7 heteroatoms. The van der Waals surface area contributed by atoms with Crippen LogP contribution in [0.15, 0.2) is 0 Å². The van der Waals surface area contributed by atoms with E-state index in [9.17, 15) is 4.79 Å². The fourth-order valence-electron chi connectivity index (χ4n) is 1.52. The number of hydrogen-bond donors (Lipinski definition) is 0. The molecule has 0 spiro atoms. The summed E-state index contributed by atoms with van der Waals surface area (Å²) in [5, 5.41) is 0. The van der Waals surface area contributed by atoms with E-state index in [4.69, 9.17) is 17.0 Å². The first kappa shape index (κ1) is 16.9. The van der Waals surface area contributed by atoms with Crippen molar-refractivity contribution in [1.82, 2.24) is 9.80 Å². The molecule has 0 unspecified atom stereocenters. The normalized spacial score (nSPS) is 16.4. The minimum atomic E-state index is -0.437. The molecule has 1 amide bonds. The van der Waals surface area contributed by atoms with E-state index in [1.807, 2.05) is 31.6 Å². The van der Waals surface area contributed by atoms with E-state index < -0.39 is 5.60 Å². The Morgan fingerprint density at radius 1 is 1.53 bits per heavy atom. The van der Waals surface area contributed by atoms with E-state index in [1.165, 1.54) is 0 Å². The number of ether oxygens (including phenoxy) is 1. The Morgan fingerprint density at radius 3 is 2.79 bits per heavy atom. The molecule has 1 aliphatic rings. The third kappa shape index (κ3) is 6.72. The van der Waals surface area contributed by atoms with Crippen molar-refractivity contribution in [2.24, 2.45) is 0 Å². The topological polar surface area (TPSA) is 32.8 Å². The lowest BCUT2D eigenvalue weighted by Crippen LogP contribution is -2.37. The lowest BCUT2D eigenvalue weighted by atomic mass is 10.2. The molecule has 19 heavy (non-hydrogen) atoms. The van der Waals surface area contributed by atoms with Gasteiger partial charge in [-0.1, -0.05) is 23.0 Å². The molecular weight excluding hydrogens is 300 g/mol. The second-order valence-corrected chi connectivity index (χ2v) is 8.46. The van der Waals surface area contributed by atoms with Gasteiger partial charge in [0.05, 0.1) is 0 Å². The van der Waals surface area contributed by atoms with Crippen molar-refractivity contribution in [2.45, 2.75) is 32.8 Å². The Labute approximate surface area is 129 Å². The Kier molecular flexibility index (Phi) is 6.76. The number of carbonyl (C=O) groups is 1. The van der Waals surface area contributed by atoms with Gasteiger partial charge in [-0.3, -0.25) is 0 Å². The lowest BCUT2D eigenvalue weighted by molar-refractivity contribution is 0.0295. The van der Waals surface area contributed by atoms with Gasteiger partial charge in [0.1, 0.15) is 9.92 Å². The summed E-state index contributed by atoms with van der Waals surface area (Å²) in [6.45, 7) is 8.22. The Bertz CT molecular complexity index is 331. The molecule has 0 aromatic rings. The smallest absolute Gasteiger partial charge is 0.410 e. The monoisotopic (exact) mass is 322 g/mol. The molecule has 1 fully saturated rings. The van der Waals surface area contributed by atoms with E-state index >= 15 is 0 Å². The van der Waals surface area contributed by atoms with Gasteiger partial charge >= 0.3 is 6.09 Å². The van der Waals surface area contributed by atoms with Crippen molar-refractivity contribution in [3.05, 3.63) is 0 Å². The van der Waals surface area contributed by atoms with Gasteiger partial charge < -0.3 is 14.5 Å². The molecule has 1 aliphatic heterocycles. The summed E-state index contributed by atoms with van der Waals surface area (Å²) in [6.07, 6.45) is 0.639. The number of hydrogen-bond acceptors (Lipinski definition) is 5. The fraction of sp³-hybridized carbons (Fsp3) is 0.833. The van der Waals surface area contributed by atoms with Gasteiger partial charge in [-0.15, -0.1) is 0 Å². The highest BCUT2D eigenvalue weighted by Crippen LogP contribution is 2.29. The first-order chi connectivity index (χ1) is 8.79. The van der Waals surface area contributed by atoms with Crippen molar-refractivity contribution < 1.29 is 9.53 Å². The summed E-state index contributed by atoms with van der Waals surface area (Å²) in [7, 11) is 5.25. The molecule has 1 rings (SSSR count). The van der Waals surface area contributed by atoms with Gasteiger partial charge in [0, 0.05) is 32.4 Å². The molecule has 1 heterocycles. The molecule has 0 aromatic heterocycles. The molecule has 0 atom stereocenters. The molecular formula is C12H22N2O2S3. The zero-order chi connectivity index (χ0) is 14.5. The maximum absolute atomic E-state index is 11.8. The summed E-state index contributed by atoms with van der Waals surface area (Å²) in [5.74, 6) is 1.10. The minimum Gasteiger partial charge on any atom is -0.444 e. The summed E-state index contributed by atoms with van der Waals surface area (Å²) < 4.78 is 6.26. The zero-order valence-corrected chi connectivity index (χ0v) is 14.4. The van der Waals surface area contributed by atoms with Crippen molar-refractivity contribution in [3.8, 4) is 0 Å². The van der Waals surface area contributed by atoms with E-state index in [0.29, 0.717) is 6.54 Å². The van der Waals surface area contributed by atoms with Crippen LogP contribution in [0.25, 0.3) is 0 Å². The van der Waals surface area contributed by atoms with Gasteiger partial charge in [0.15, 0.2) is 0 Å². The molecule has 0 N–H and O–H groups in total. The molecule has 0 aliphatic carbocycles. The number of amides is 1. The fourth-order valence-corrected chi connectivity index (χ4v) is 3.99. The molecule has 0 radical (unpaired) electrons. The van der Waals surface area contributed by atoms with Crippen LogP contribution < -0.4 is 0 Å². The van der Waals surface area contributed by atoms with Gasteiger partial charge in [-0.25, -0.2) is 4.79 Å². The van der Waals surface area contributed by atoms with E-state index in [-0.39, 0.29) is 6.09 Å². The van der Waals surface area contributed by atoms with Crippen LogP contribution in [-0.2, 0) is 4.74 Å². The van der Waals surface area contributed by atoms with E-state index in [0.717, 1.165) is 29.6 Å². The Morgan fingerprint density at radius 2 is 2.21 bits per heavy atom. The largest absolute Gasteiger partial charge is 0.444 e. The molecule has 0 aromatic carbocycles. The molecule has 0 saturated carbocycles. The third-order valence-corrected chi connectivity index (χ3v) is 5.48. The predicted molar refractivity (Wildman–Crippen MR) is 87.7 cm³/mol. The first-order valence-electron chi connectivity index (χ1n) is 6.32. The summed E-state index contributed by atoms with van der Waals surface area (Å²) in [6, 6.07) is 0. The van der Waals surface area contributed by atoms with Crippen molar-refractivity contribution >= 4 is 44.2 Å². The second kappa shape index (κ2) is 7.59. The van der Waals surface area contributed by atoms with Crippen LogP contribution in [0.2, 0.25) is 0 Å². The number of nitrogens with zero attached hydrogens (tertiary/aromatic N) is 2.